The van der Waals surface area contributed by atoms with Crippen molar-refractivity contribution >= 4 is 17.8 Å². The molecule has 0 aromatic heterocycles. The first-order valence-electron chi connectivity index (χ1n) is 9.37. The first kappa shape index (κ1) is 17.2. The Morgan fingerprint density at radius 3 is 2.21 bits per heavy atom. The summed E-state index contributed by atoms with van der Waals surface area (Å²) in [6.07, 6.45) is 10.1. The predicted molar refractivity (Wildman–Crippen MR) is 87.5 cm³/mol. The molecule has 0 aliphatic heterocycles. The normalized spacial score (nSPS) is 32.5. The van der Waals surface area contributed by atoms with Crippen LogP contribution in [-0.2, 0) is 14.4 Å². The van der Waals surface area contributed by atoms with Crippen LogP contribution >= 0.6 is 0 Å². The number of aliphatic carboxylic acids is 1. The number of carbonyl (C=O) groups excluding carboxylic acids is 2. The number of hydrazine groups is 1. The first-order valence-corrected chi connectivity index (χ1v) is 9.37. The second-order valence-electron chi connectivity index (χ2n) is 7.80. The van der Waals surface area contributed by atoms with E-state index in [1.165, 1.54) is 32.1 Å². The van der Waals surface area contributed by atoms with Gasteiger partial charge in [0.25, 0.3) is 0 Å². The molecule has 3 N–H and O–H groups in total. The molecule has 24 heavy (non-hydrogen) atoms. The quantitative estimate of drug-likeness (QED) is 0.671. The van der Waals surface area contributed by atoms with Gasteiger partial charge in [-0.3, -0.25) is 25.2 Å². The molecule has 3 rings (SSSR count). The summed E-state index contributed by atoms with van der Waals surface area (Å²) in [6.45, 7) is 0. The zero-order valence-corrected chi connectivity index (χ0v) is 14.1. The Morgan fingerprint density at radius 1 is 0.875 bits per heavy atom. The third-order valence-corrected chi connectivity index (χ3v) is 6.33. The van der Waals surface area contributed by atoms with Crippen molar-refractivity contribution in [2.75, 3.05) is 0 Å². The molecule has 134 valence electrons. The minimum absolute atomic E-state index is 0.116. The molecule has 3 aliphatic carbocycles. The third kappa shape index (κ3) is 3.73. The Balaban J connectivity index is 1.43. The van der Waals surface area contributed by atoms with Crippen LogP contribution < -0.4 is 10.9 Å². The molecule has 6 nitrogen and oxygen atoms in total. The van der Waals surface area contributed by atoms with Gasteiger partial charge >= 0.3 is 5.97 Å². The number of carboxylic acids is 1. The van der Waals surface area contributed by atoms with Crippen molar-refractivity contribution in [3.63, 3.8) is 0 Å². The number of hydrogen-bond acceptors (Lipinski definition) is 3. The van der Waals surface area contributed by atoms with E-state index >= 15 is 0 Å². The van der Waals surface area contributed by atoms with Crippen LogP contribution in [0.3, 0.4) is 0 Å². The molecule has 2 bridgehead atoms. The summed E-state index contributed by atoms with van der Waals surface area (Å²) in [5.41, 5.74) is 4.97. The number of nitrogens with one attached hydrogen (secondary N) is 2. The minimum atomic E-state index is -0.883. The van der Waals surface area contributed by atoms with Gasteiger partial charge in [0.05, 0.1) is 11.8 Å². The number of carbonyl (C=O) groups is 3. The summed E-state index contributed by atoms with van der Waals surface area (Å²) >= 11 is 0. The average molecular weight is 336 g/mol. The van der Waals surface area contributed by atoms with Crippen molar-refractivity contribution in [1.29, 1.82) is 0 Å². The van der Waals surface area contributed by atoms with E-state index in [0.717, 1.165) is 25.7 Å². The van der Waals surface area contributed by atoms with E-state index in [4.69, 9.17) is 0 Å². The van der Waals surface area contributed by atoms with E-state index < -0.39 is 17.8 Å². The van der Waals surface area contributed by atoms with Gasteiger partial charge in [0.1, 0.15) is 0 Å². The number of rotatable bonds is 5. The Hall–Kier alpha value is -1.59. The molecule has 3 saturated carbocycles. The van der Waals surface area contributed by atoms with Gasteiger partial charge in [0.15, 0.2) is 0 Å². The highest BCUT2D eigenvalue weighted by atomic mass is 16.4. The van der Waals surface area contributed by atoms with Crippen molar-refractivity contribution in [3.8, 4) is 0 Å². The summed E-state index contributed by atoms with van der Waals surface area (Å²) in [7, 11) is 0. The molecule has 0 saturated heterocycles. The smallest absolute Gasteiger partial charge is 0.307 e. The fraction of sp³-hybridized carbons (Fsp3) is 0.833. The molecular weight excluding hydrogens is 308 g/mol. The average Bonchev–Trinajstić information content (AvgIpc) is 3.20. The summed E-state index contributed by atoms with van der Waals surface area (Å²) in [5.74, 6) is -1.60. The van der Waals surface area contributed by atoms with E-state index in [1.807, 2.05) is 0 Å². The zero-order chi connectivity index (χ0) is 17.1. The monoisotopic (exact) mass is 336 g/mol. The van der Waals surface area contributed by atoms with Crippen molar-refractivity contribution in [2.45, 2.75) is 64.2 Å². The van der Waals surface area contributed by atoms with Crippen LogP contribution in [0.1, 0.15) is 64.2 Å². The lowest BCUT2D eigenvalue weighted by atomic mass is 9.79. The highest BCUT2D eigenvalue weighted by molar-refractivity contribution is 5.88. The second-order valence-corrected chi connectivity index (χ2v) is 7.80. The topological polar surface area (TPSA) is 95.5 Å². The molecule has 4 atom stereocenters. The van der Waals surface area contributed by atoms with Gasteiger partial charge < -0.3 is 5.11 Å². The fourth-order valence-electron chi connectivity index (χ4n) is 5.11. The van der Waals surface area contributed by atoms with Crippen LogP contribution in [0.25, 0.3) is 0 Å². The predicted octanol–water partition coefficient (Wildman–Crippen LogP) is 2.24. The molecule has 0 aromatic carbocycles. The van der Waals surface area contributed by atoms with Gasteiger partial charge in [-0.15, -0.1) is 0 Å². The third-order valence-electron chi connectivity index (χ3n) is 6.33. The Morgan fingerprint density at radius 2 is 1.54 bits per heavy atom. The summed E-state index contributed by atoms with van der Waals surface area (Å²) < 4.78 is 0. The van der Waals surface area contributed by atoms with Gasteiger partial charge in [0.2, 0.25) is 11.8 Å². The SMILES string of the molecule is O=C(CCC1CCCCC1)NNC(=O)C1C2CCC(C2)C1C(=O)O. The van der Waals surface area contributed by atoms with E-state index in [2.05, 4.69) is 10.9 Å². The van der Waals surface area contributed by atoms with Crippen LogP contribution in [0.4, 0.5) is 0 Å². The molecule has 0 radical (unpaired) electrons. The number of amides is 2. The molecule has 0 spiro atoms. The minimum Gasteiger partial charge on any atom is -0.481 e. The van der Waals surface area contributed by atoms with E-state index in [1.54, 1.807) is 0 Å². The van der Waals surface area contributed by atoms with E-state index in [-0.39, 0.29) is 23.7 Å². The fourth-order valence-corrected chi connectivity index (χ4v) is 5.11. The number of hydrogen-bond donors (Lipinski definition) is 3. The highest BCUT2D eigenvalue weighted by Crippen LogP contribution is 2.52. The Kier molecular flexibility index (Phi) is 5.41. The maximum Gasteiger partial charge on any atom is 0.307 e. The van der Waals surface area contributed by atoms with Crippen molar-refractivity contribution in [1.82, 2.24) is 10.9 Å². The van der Waals surface area contributed by atoms with E-state index in [9.17, 15) is 19.5 Å². The van der Waals surface area contributed by atoms with Crippen LogP contribution in [0.5, 0.6) is 0 Å². The lowest BCUT2D eigenvalue weighted by Gasteiger charge is -2.27. The molecule has 3 aliphatic rings. The van der Waals surface area contributed by atoms with Gasteiger partial charge in [-0.25, -0.2) is 0 Å². The Bertz CT molecular complexity index is 501. The first-order chi connectivity index (χ1) is 11.6. The molecule has 3 fully saturated rings. The maximum absolute atomic E-state index is 12.4. The van der Waals surface area contributed by atoms with Crippen LogP contribution in [-0.4, -0.2) is 22.9 Å². The van der Waals surface area contributed by atoms with Gasteiger partial charge in [0, 0.05) is 6.42 Å². The van der Waals surface area contributed by atoms with Gasteiger partial charge in [-0.1, -0.05) is 32.1 Å². The Labute approximate surface area is 142 Å². The summed E-state index contributed by atoms with van der Waals surface area (Å²) in [6, 6.07) is 0. The van der Waals surface area contributed by atoms with Crippen molar-refractivity contribution < 1.29 is 19.5 Å². The van der Waals surface area contributed by atoms with Gasteiger partial charge in [-0.2, -0.15) is 0 Å². The summed E-state index contributed by atoms with van der Waals surface area (Å²) in [5, 5.41) is 9.39. The largest absolute Gasteiger partial charge is 0.481 e. The molecule has 2 amide bonds. The van der Waals surface area contributed by atoms with Crippen molar-refractivity contribution in [2.24, 2.45) is 29.6 Å². The molecule has 4 unspecified atom stereocenters. The van der Waals surface area contributed by atoms with Crippen molar-refractivity contribution in [3.05, 3.63) is 0 Å². The molecule has 6 heteroatoms. The highest BCUT2D eigenvalue weighted by Gasteiger charge is 2.54. The van der Waals surface area contributed by atoms with Gasteiger partial charge in [-0.05, 0) is 43.4 Å². The lowest BCUT2D eigenvalue weighted by molar-refractivity contribution is -0.149. The zero-order valence-electron chi connectivity index (χ0n) is 14.1. The van der Waals surface area contributed by atoms with Crippen LogP contribution in [0, 0.1) is 29.6 Å². The number of carboxylic acid groups (broad SMARTS) is 1. The summed E-state index contributed by atoms with van der Waals surface area (Å²) in [4.78, 5) is 35.8. The van der Waals surface area contributed by atoms with Crippen LogP contribution in [0.2, 0.25) is 0 Å². The maximum atomic E-state index is 12.4. The molecule has 0 heterocycles. The standard InChI is InChI=1S/C18H28N2O4/c21-14(9-6-11-4-2-1-3-5-11)19-20-17(22)15-12-7-8-13(10-12)16(15)18(23)24/h11-13,15-16H,1-10H2,(H,19,21)(H,20,22)(H,23,24). The van der Waals surface area contributed by atoms with Crippen LogP contribution in [0.15, 0.2) is 0 Å². The molecule has 0 aromatic rings. The second kappa shape index (κ2) is 7.53. The van der Waals surface area contributed by atoms with E-state index in [0.29, 0.717) is 12.3 Å². The number of fused-ring (bicyclic) bond motifs is 2. The lowest BCUT2D eigenvalue weighted by Crippen LogP contribution is -2.48. The molecular formula is C18H28N2O4.